The standard InChI is InChI=1S/C22H20F3N3O3S/c1-32-11-18(29)26-17-7-8-28-19(17)20(30)27-16-6-5-13(10-15(16)21(28)31)12-3-2-4-14(9-12)22(23,24)25/h2-6,9-10,17,19H,7-8,11H2,1H3,(H,26,29)(H,27,30)/t17-,19-/m0/s1. The molecule has 4 rings (SSSR count). The van der Waals surface area contributed by atoms with Crippen LogP contribution in [0.2, 0.25) is 0 Å². The zero-order chi connectivity index (χ0) is 23.0. The molecule has 2 N–H and O–H groups in total. The fraction of sp³-hybridized carbons (Fsp3) is 0.318. The highest BCUT2D eigenvalue weighted by Crippen LogP contribution is 2.35. The number of hydrogen-bond acceptors (Lipinski definition) is 4. The lowest BCUT2D eigenvalue weighted by Crippen LogP contribution is -2.51. The molecule has 2 heterocycles. The lowest BCUT2D eigenvalue weighted by molar-refractivity contribution is -0.137. The highest BCUT2D eigenvalue weighted by atomic mass is 32.2. The molecule has 2 atom stereocenters. The van der Waals surface area contributed by atoms with Gasteiger partial charge in [0.15, 0.2) is 0 Å². The summed E-state index contributed by atoms with van der Waals surface area (Å²) in [4.78, 5) is 39.6. The van der Waals surface area contributed by atoms with Gasteiger partial charge in [0.25, 0.3) is 5.91 Å². The first-order valence-corrected chi connectivity index (χ1v) is 11.3. The number of fused-ring (bicyclic) bond motifs is 2. The number of anilines is 1. The molecule has 2 aliphatic heterocycles. The molecule has 10 heteroatoms. The molecule has 168 valence electrons. The lowest BCUT2D eigenvalue weighted by atomic mass is 9.99. The van der Waals surface area contributed by atoms with Crippen molar-refractivity contribution >= 4 is 35.2 Å². The second-order valence-corrected chi connectivity index (χ2v) is 8.53. The van der Waals surface area contributed by atoms with Gasteiger partial charge in [0.1, 0.15) is 6.04 Å². The van der Waals surface area contributed by atoms with Gasteiger partial charge in [0.05, 0.1) is 28.6 Å². The molecule has 1 fully saturated rings. The molecule has 0 spiro atoms. The molecule has 0 aliphatic carbocycles. The van der Waals surface area contributed by atoms with Gasteiger partial charge in [0, 0.05) is 6.54 Å². The van der Waals surface area contributed by atoms with Gasteiger partial charge in [-0.1, -0.05) is 18.2 Å². The third-order valence-corrected chi connectivity index (χ3v) is 6.13. The van der Waals surface area contributed by atoms with Crippen LogP contribution in [0.3, 0.4) is 0 Å². The Bertz CT molecular complexity index is 1090. The van der Waals surface area contributed by atoms with E-state index in [2.05, 4.69) is 10.6 Å². The van der Waals surface area contributed by atoms with E-state index >= 15 is 0 Å². The molecule has 0 unspecified atom stereocenters. The average molecular weight is 463 g/mol. The van der Waals surface area contributed by atoms with E-state index in [1.54, 1.807) is 12.3 Å². The van der Waals surface area contributed by atoms with E-state index < -0.39 is 35.6 Å². The van der Waals surface area contributed by atoms with Crippen molar-refractivity contribution in [2.45, 2.75) is 24.7 Å². The molecule has 1 saturated heterocycles. The van der Waals surface area contributed by atoms with Gasteiger partial charge in [0.2, 0.25) is 11.8 Å². The molecule has 2 aromatic rings. The number of amides is 3. The van der Waals surface area contributed by atoms with Crippen LogP contribution in [0.1, 0.15) is 22.3 Å². The number of thioether (sulfide) groups is 1. The van der Waals surface area contributed by atoms with Crippen LogP contribution in [0.15, 0.2) is 42.5 Å². The van der Waals surface area contributed by atoms with Crippen LogP contribution in [-0.2, 0) is 15.8 Å². The van der Waals surface area contributed by atoms with E-state index in [4.69, 9.17) is 0 Å². The molecule has 0 saturated carbocycles. The summed E-state index contributed by atoms with van der Waals surface area (Å²) in [6, 6.07) is 8.08. The smallest absolute Gasteiger partial charge is 0.350 e. The van der Waals surface area contributed by atoms with Crippen molar-refractivity contribution < 1.29 is 27.6 Å². The summed E-state index contributed by atoms with van der Waals surface area (Å²) in [5.41, 5.74) is 0.449. The number of alkyl halides is 3. The summed E-state index contributed by atoms with van der Waals surface area (Å²) in [7, 11) is 0. The summed E-state index contributed by atoms with van der Waals surface area (Å²) in [6.07, 6.45) is -2.25. The molecule has 0 radical (unpaired) electrons. The summed E-state index contributed by atoms with van der Waals surface area (Å²) in [5, 5.41) is 5.56. The molecule has 0 bridgehead atoms. The predicted molar refractivity (Wildman–Crippen MR) is 115 cm³/mol. The highest BCUT2D eigenvalue weighted by Gasteiger charge is 2.45. The van der Waals surface area contributed by atoms with Crippen LogP contribution in [0.5, 0.6) is 0 Å². The van der Waals surface area contributed by atoms with Crippen molar-refractivity contribution in [1.29, 1.82) is 0 Å². The second-order valence-electron chi connectivity index (χ2n) is 7.67. The van der Waals surface area contributed by atoms with Crippen LogP contribution in [-0.4, -0.2) is 53.3 Å². The normalized spacial score (nSPS) is 20.3. The average Bonchev–Trinajstić information content (AvgIpc) is 3.12. The van der Waals surface area contributed by atoms with Crippen molar-refractivity contribution in [1.82, 2.24) is 10.2 Å². The number of halogens is 3. The Kier molecular flexibility index (Phi) is 5.89. The van der Waals surface area contributed by atoms with E-state index in [1.807, 2.05) is 0 Å². The van der Waals surface area contributed by atoms with Gasteiger partial charge in [-0.3, -0.25) is 14.4 Å². The van der Waals surface area contributed by atoms with Gasteiger partial charge in [-0.15, -0.1) is 0 Å². The Hall–Kier alpha value is -3.01. The molecule has 2 aromatic carbocycles. The molecule has 2 aliphatic rings. The van der Waals surface area contributed by atoms with Crippen LogP contribution < -0.4 is 10.6 Å². The van der Waals surface area contributed by atoms with Crippen LogP contribution in [0, 0.1) is 0 Å². The first-order valence-electron chi connectivity index (χ1n) is 9.91. The fourth-order valence-electron chi connectivity index (χ4n) is 4.12. The van der Waals surface area contributed by atoms with Gasteiger partial charge in [-0.2, -0.15) is 24.9 Å². The largest absolute Gasteiger partial charge is 0.416 e. The first-order chi connectivity index (χ1) is 15.2. The zero-order valence-electron chi connectivity index (χ0n) is 17.0. The monoisotopic (exact) mass is 463 g/mol. The Morgan fingerprint density at radius 2 is 1.94 bits per heavy atom. The second kappa shape index (κ2) is 8.50. The fourth-order valence-corrected chi connectivity index (χ4v) is 4.47. The first kappa shape index (κ1) is 22.2. The third kappa shape index (κ3) is 4.19. The maximum absolute atomic E-state index is 13.3. The summed E-state index contributed by atoms with van der Waals surface area (Å²) in [5.74, 6) is -0.771. The van der Waals surface area contributed by atoms with Crippen molar-refractivity contribution in [2.75, 3.05) is 23.9 Å². The van der Waals surface area contributed by atoms with E-state index in [0.717, 1.165) is 12.1 Å². The van der Waals surface area contributed by atoms with Gasteiger partial charge in [-0.05, 0) is 48.1 Å². The van der Waals surface area contributed by atoms with Gasteiger partial charge >= 0.3 is 6.18 Å². The zero-order valence-corrected chi connectivity index (χ0v) is 17.8. The van der Waals surface area contributed by atoms with E-state index in [0.29, 0.717) is 23.2 Å². The number of carbonyl (C=O) groups excluding carboxylic acids is 3. The van der Waals surface area contributed by atoms with Crippen LogP contribution in [0.25, 0.3) is 11.1 Å². The summed E-state index contributed by atoms with van der Waals surface area (Å²) in [6.45, 7) is 0.286. The topological polar surface area (TPSA) is 78.5 Å². The van der Waals surface area contributed by atoms with Crippen molar-refractivity contribution in [2.24, 2.45) is 0 Å². The third-order valence-electron chi connectivity index (χ3n) is 5.58. The summed E-state index contributed by atoms with van der Waals surface area (Å²) < 4.78 is 39.3. The number of nitrogens with zero attached hydrogens (tertiary/aromatic N) is 1. The number of benzene rings is 2. The van der Waals surface area contributed by atoms with E-state index in [-0.39, 0.29) is 23.8 Å². The Morgan fingerprint density at radius 1 is 1.19 bits per heavy atom. The lowest BCUT2D eigenvalue weighted by Gasteiger charge is -2.24. The van der Waals surface area contributed by atoms with Crippen molar-refractivity contribution in [3.8, 4) is 11.1 Å². The highest BCUT2D eigenvalue weighted by molar-refractivity contribution is 7.99. The molecular weight excluding hydrogens is 443 g/mol. The number of hydrogen-bond donors (Lipinski definition) is 2. The molecule has 3 amide bonds. The number of rotatable bonds is 4. The van der Waals surface area contributed by atoms with E-state index in [9.17, 15) is 27.6 Å². The minimum Gasteiger partial charge on any atom is -0.350 e. The SMILES string of the molecule is CSCC(=O)N[C@H]1CCN2C(=O)c3cc(-c4cccc(C(F)(F)F)c4)ccc3NC(=O)[C@H]12. The molecule has 32 heavy (non-hydrogen) atoms. The Balaban J connectivity index is 1.66. The predicted octanol–water partition coefficient (Wildman–Crippen LogP) is 3.39. The minimum atomic E-state index is -4.48. The number of carbonyl (C=O) groups is 3. The molecular formula is C22H20F3N3O3S. The molecule has 0 aromatic heterocycles. The Morgan fingerprint density at radius 3 is 2.66 bits per heavy atom. The Labute approximate surface area is 186 Å². The number of nitrogens with one attached hydrogen (secondary N) is 2. The maximum Gasteiger partial charge on any atom is 0.416 e. The quantitative estimate of drug-likeness (QED) is 0.729. The maximum atomic E-state index is 13.3. The van der Waals surface area contributed by atoms with Crippen LogP contribution >= 0.6 is 11.8 Å². The minimum absolute atomic E-state index is 0.201. The van der Waals surface area contributed by atoms with E-state index in [1.165, 1.54) is 40.9 Å². The van der Waals surface area contributed by atoms with Gasteiger partial charge < -0.3 is 15.5 Å². The van der Waals surface area contributed by atoms with Gasteiger partial charge in [-0.25, -0.2) is 0 Å². The van der Waals surface area contributed by atoms with Crippen molar-refractivity contribution in [3.63, 3.8) is 0 Å². The van der Waals surface area contributed by atoms with Crippen molar-refractivity contribution in [3.05, 3.63) is 53.6 Å². The van der Waals surface area contributed by atoms with Crippen LogP contribution in [0.4, 0.5) is 18.9 Å². The summed E-state index contributed by atoms with van der Waals surface area (Å²) >= 11 is 1.36. The molecule has 6 nitrogen and oxygen atoms in total.